The molecule has 0 fully saturated rings. The van der Waals surface area contributed by atoms with Gasteiger partial charge in [-0.25, -0.2) is 0 Å². The van der Waals surface area contributed by atoms with E-state index in [-0.39, 0.29) is 0 Å². The average molecular weight is 1380 g/mol. The number of unbranched alkanes of at least 4 members (excludes halogenated alkanes) is 16. The third kappa shape index (κ3) is 97.9. The molecular formula is C64H144B4F16P4. The maximum Gasteiger partial charge on any atom is 0.673 e. The van der Waals surface area contributed by atoms with Crippen molar-refractivity contribution in [3.05, 3.63) is 0 Å². The maximum atomic E-state index is 9.75. The van der Waals surface area contributed by atoms with Crippen LogP contribution in [0.2, 0.25) is 0 Å². The van der Waals surface area contributed by atoms with Crippen molar-refractivity contribution in [2.24, 2.45) is 0 Å². The Morgan fingerprint density at radius 2 is 0.182 bits per heavy atom. The summed E-state index contributed by atoms with van der Waals surface area (Å²) in [4.78, 5) is 0. The molecule has 0 aromatic carbocycles. The summed E-state index contributed by atoms with van der Waals surface area (Å²) in [7, 11) is -26.2. The minimum atomic E-state index is -6.00. The van der Waals surface area contributed by atoms with Crippen LogP contribution in [-0.2, 0) is 0 Å². The van der Waals surface area contributed by atoms with Gasteiger partial charge in [0.2, 0.25) is 0 Å². The topological polar surface area (TPSA) is 0 Å². The second-order valence-electron chi connectivity index (χ2n) is 24.6. The smallest absolute Gasteiger partial charge is 0.418 e. The lowest BCUT2D eigenvalue weighted by Crippen LogP contribution is -2.12. The van der Waals surface area contributed by atoms with E-state index in [1.165, 1.54) is 205 Å². The Labute approximate surface area is 539 Å². The molecule has 0 unspecified atom stereocenters. The van der Waals surface area contributed by atoms with Crippen LogP contribution in [0.25, 0.3) is 0 Å². The van der Waals surface area contributed by atoms with E-state index in [9.17, 15) is 69.1 Å². The molecule has 0 aromatic rings. The molecule has 0 atom stereocenters. The molecule has 0 bridgehead atoms. The van der Waals surface area contributed by atoms with Crippen molar-refractivity contribution >= 4 is 58.1 Å². The Morgan fingerprint density at radius 1 is 0.136 bits per heavy atom. The second-order valence-corrected chi connectivity index (χ2v) is 42.5. The Hall–Kier alpha value is 0.860. The molecule has 0 aliphatic heterocycles. The summed E-state index contributed by atoms with van der Waals surface area (Å²) in [6.07, 6.45) is 71.8. The van der Waals surface area contributed by atoms with Crippen LogP contribution < -0.4 is 0 Å². The van der Waals surface area contributed by atoms with Gasteiger partial charge in [0.25, 0.3) is 0 Å². The standard InChI is InChI=1S/4C16H36P.4BF4/c4*1-5-9-13-17(14-10-6-2,15-11-7-3)16-12-8-4;4*2-1(3,4)5/h4*5-16H2,1-4H3;;;;/q4*+1;4*-1. The molecule has 0 spiro atoms. The van der Waals surface area contributed by atoms with Gasteiger partial charge in [-0.2, -0.15) is 0 Å². The average Bonchev–Trinajstić information content (AvgIpc) is 3.44. The lowest BCUT2D eigenvalue weighted by molar-refractivity contribution is 0.366. The molecular weight excluding hydrogens is 1240 g/mol. The summed E-state index contributed by atoms with van der Waals surface area (Å²) >= 11 is 0. The third-order valence-electron chi connectivity index (χ3n) is 15.8. The van der Waals surface area contributed by atoms with Crippen LogP contribution >= 0.6 is 29.0 Å². The summed E-state index contributed by atoms with van der Waals surface area (Å²) in [6.45, 7) is 37.7. The Bertz CT molecular complexity index is 957. The van der Waals surface area contributed by atoms with Crippen LogP contribution in [-0.4, -0.2) is 128 Å². The molecule has 0 nitrogen and oxygen atoms in total. The van der Waals surface area contributed by atoms with Crippen molar-refractivity contribution in [1.82, 2.24) is 0 Å². The molecule has 0 radical (unpaired) electrons. The van der Waals surface area contributed by atoms with E-state index in [1.807, 2.05) is 0 Å². The lowest BCUT2D eigenvalue weighted by Gasteiger charge is -2.28. The molecule has 0 amide bonds. The first-order chi connectivity index (χ1) is 41.0. The van der Waals surface area contributed by atoms with Crippen molar-refractivity contribution in [1.29, 1.82) is 0 Å². The third-order valence-corrected chi connectivity index (χ3v) is 36.0. The Morgan fingerprint density at radius 3 is 0.216 bits per heavy atom. The van der Waals surface area contributed by atoms with Gasteiger partial charge in [0.1, 0.15) is 0 Å². The normalized spacial score (nSPS) is 12.0. The molecule has 0 N–H and O–H groups in total. The molecule has 24 heteroatoms. The number of rotatable bonds is 48. The molecule has 0 aromatic heterocycles. The highest BCUT2D eigenvalue weighted by Gasteiger charge is 2.37. The summed E-state index contributed by atoms with van der Waals surface area (Å²) in [6, 6.07) is 0. The van der Waals surface area contributed by atoms with Gasteiger partial charge < -0.3 is 69.1 Å². The van der Waals surface area contributed by atoms with Gasteiger partial charge in [0.05, 0.1) is 98.6 Å². The Kier molecular flexibility index (Phi) is 84.2. The Balaban J connectivity index is -0.000000146. The zero-order valence-corrected chi connectivity index (χ0v) is 63.7. The highest BCUT2D eigenvalue weighted by Crippen LogP contribution is 2.64. The number of hydrogen-bond donors (Lipinski definition) is 0. The molecule has 0 rings (SSSR count). The van der Waals surface area contributed by atoms with Crippen LogP contribution in [0.1, 0.15) is 316 Å². The summed E-state index contributed by atoms with van der Waals surface area (Å²) in [5, 5.41) is 0. The molecule has 0 aliphatic rings. The molecule has 88 heavy (non-hydrogen) atoms. The number of halogens is 16. The SMILES string of the molecule is CCCC[P+](CCCC)(CCCC)CCCC.CCCC[P+](CCCC)(CCCC)CCCC.CCCC[P+](CCCC)(CCCC)CCCC.CCCC[P+](CCCC)(CCCC)CCCC.F[B-](F)(F)F.F[B-](F)(F)F.F[B-](F)(F)F.F[B-](F)(F)F. The second kappa shape index (κ2) is 70.7. The van der Waals surface area contributed by atoms with Crippen LogP contribution in [0.4, 0.5) is 69.1 Å². The van der Waals surface area contributed by atoms with E-state index < -0.39 is 58.1 Å². The largest absolute Gasteiger partial charge is 0.673 e. The molecule has 0 heterocycles. The van der Waals surface area contributed by atoms with Crippen LogP contribution in [0.3, 0.4) is 0 Å². The minimum absolute atomic E-state index is 0.562. The van der Waals surface area contributed by atoms with E-state index in [0.717, 1.165) is 0 Å². The van der Waals surface area contributed by atoms with Crippen molar-refractivity contribution in [2.75, 3.05) is 98.6 Å². The highest BCUT2D eigenvalue weighted by molar-refractivity contribution is 7.76. The van der Waals surface area contributed by atoms with Crippen molar-refractivity contribution < 1.29 is 69.1 Å². The fourth-order valence-corrected chi connectivity index (χ4v) is 31.7. The first-order valence-corrected chi connectivity index (χ1v) is 46.0. The first-order valence-electron chi connectivity index (χ1n) is 35.9. The lowest BCUT2D eigenvalue weighted by atomic mass is 10.3. The van der Waals surface area contributed by atoms with Crippen LogP contribution in [0.5, 0.6) is 0 Å². The van der Waals surface area contributed by atoms with Crippen molar-refractivity contribution in [3.63, 3.8) is 0 Å². The van der Waals surface area contributed by atoms with Crippen molar-refractivity contribution in [3.8, 4) is 0 Å². The van der Waals surface area contributed by atoms with Gasteiger partial charge in [-0.15, -0.1) is 0 Å². The number of hydrogen-bond acceptors (Lipinski definition) is 0. The first kappa shape index (κ1) is 105. The van der Waals surface area contributed by atoms with E-state index >= 15 is 0 Å². The van der Waals surface area contributed by atoms with Gasteiger partial charge in [-0.05, 0) is 103 Å². The zero-order valence-electron chi connectivity index (χ0n) is 60.1. The van der Waals surface area contributed by atoms with Crippen LogP contribution in [0.15, 0.2) is 0 Å². The fraction of sp³-hybridized carbons (Fsp3) is 1.00. The summed E-state index contributed by atoms with van der Waals surface area (Å²) in [5.74, 6) is 0. The highest BCUT2D eigenvalue weighted by atomic mass is 31.2. The monoisotopic (exact) mass is 1390 g/mol. The van der Waals surface area contributed by atoms with Gasteiger partial charge in [-0.3, -0.25) is 0 Å². The van der Waals surface area contributed by atoms with E-state index in [0.29, 0.717) is 0 Å². The van der Waals surface area contributed by atoms with Gasteiger partial charge >= 0.3 is 29.0 Å². The van der Waals surface area contributed by atoms with E-state index in [4.69, 9.17) is 0 Å². The predicted molar refractivity (Wildman–Crippen MR) is 385 cm³/mol. The quantitative estimate of drug-likeness (QED) is 0.0324. The predicted octanol–water partition coefficient (Wildman–Crippen LogP) is 30.0. The van der Waals surface area contributed by atoms with Crippen molar-refractivity contribution in [2.45, 2.75) is 316 Å². The van der Waals surface area contributed by atoms with Gasteiger partial charge in [0.15, 0.2) is 0 Å². The van der Waals surface area contributed by atoms with Crippen LogP contribution in [0, 0.1) is 0 Å². The van der Waals surface area contributed by atoms with Gasteiger partial charge in [-0.1, -0.05) is 214 Å². The van der Waals surface area contributed by atoms with Gasteiger partial charge in [0, 0.05) is 29.0 Å². The zero-order chi connectivity index (χ0) is 69.9. The summed E-state index contributed by atoms with van der Waals surface area (Å²) < 4.78 is 156. The minimum Gasteiger partial charge on any atom is -0.418 e. The van der Waals surface area contributed by atoms with E-state index in [2.05, 4.69) is 111 Å². The maximum absolute atomic E-state index is 9.75. The molecule has 544 valence electrons. The molecule has 0 saturated carbocycles. The molecule has 0 aliphatic carbocycles. The summed E-state index contributed by atoms with van der Waals surface area (Å²) in [5.41, 5.74) is 0. The van der Waals surface area contributed by atoms with E-state index in [1.54, 1.807) is 98.6 Å². The molecule has 0 saturated heterocycles. The fourth-order valence-electron chi connectivity index (χ4n) is 10.6.